The van der Waals surface area contributed by atoms with Crippen LogP contribution in [0.2, 0.25) is 0 Å². The van der Waals surface area contributed by atoms with Crippen LogP contribution in [0.3, 0.4) is 0 Å². The van der Waals surface area contributed by atoms with Gasteiger partial charge in [-0.15, -0.1) is 0 Å². The van der Waals surface area contributed by atoms with E-state index in [9.17, 15) is 0 Å². The highest BCUT2D eigenvalue weighted by atomic mass is 16.5. The summed E-state index contributed by atoms with van der Waals surface area (Å²) in [5.74, 6) is 3.50. The molecule has 0 saturated heterocycles. The van der Waals surface area contributed by atoms with Crippen LogP contribution in [0, 0.1) is 6.92 Å². The molecule has 2 aromatic heterocycles. The molecule has 1 saturated carbocycles. The van der Waals surface area contributed by atoms with Crippen molar-refractivity contribution in [3.8, 4) is 11.6 Å². The van der Waals surface area contributed by atoms with Crippen molar-refractivity contribution in [3.63, 3.8) is 0 Å². The van der Waals surface area contributed by atoms with Gasteiger partial charge in [-0.05, 0) is 38.8 Å². The fourth-order valence-electron chi connectivity index (χ4n) is 1.98. The van der Waals surface area contributed by atoms with Gasteiger partial charge in [0.05, 0.1) is 5.69 Å². The van der Waals surface area contributed by atoms with Crippen LogP contribution in [0.25, 0.3) is 0 Å². The zero-order valence-corrected chi connectivity index (χ0v) is 11.8. The van der Waals surface area contributed by atoms with Gasteiger partial charge in [0, 0.05) is 24.7 Å². The number of nitrogens with zero attached hydrogens (tertiary/aromatic N) is 3. The highest BCUT2D eigenvalue weighted by Gasteiger charge is 2.27. The first-order chi connectivity index (χ1) is 9.76. The fraction of sp³-hybridized carbons (Fsp3) is 0.400. The van der Waals surface area contributed by atoms with Crippen molar-refractivity contribution in [2.45, 2.75) is 32.6 Å². The fourth-order valence-corrected chi connectivity index (χ4v) is 1.98. The summed E-state index contributed by atoms with van der Waals surface area (Å²) >= 11 is 0. The minimum absolute atomic E-state index is 0.492. The number of anilines is 1. The van der Waals surface area contributed by atoms with Crippen LogP contribution in [-0.4, -0.2) is 21.5 Å². The second-order valence-corrected chi connectivity index (χ2v) is 4.94. The molecule has 2 aromatic rings. The van der Waals surface area contributed by atoms with Gasteiger partial charge in [-0.2, -0.15) is 4.98 Å². The third-order valence-electron chi connectivity index (χ3n) is 3.19. The van der Waals surface area contributed by atoms with Gasteiger partial charge < -0.3 is 10.1 Å². The van der Waals surface area contributed by atoms with Crippen molar-refractivity contribution in [1.29, 1.82) is 0 Å². The summed E-state index contributed by atoms with van der Waals surface area (Å²) < 4.78 is 5.86. The SMILES string of the molecule is CCNc1cc(Oc2cccnc2C)nc(C2CC2)n1. The van der Waals surface area contributed by atoms with E-state index < -0.39 is 0 Å². The number of nitrogens with one attached hydrogen (secondary N) is 1. The Morgan fingerprint density at radius 2 is 2.20 bits per heavy atom. The van der Waals surface area contributed by atoms with Crippen molar-refractivity contribution in [2.24, 2.45) is 0 Å². The zero-order valence-electron chi connectivity index (χ0n) is 11.8. The van der Waals surface area contributed by atoms with Gasteiger partial charge in [0.2, 0.25) is 5.88 Å². The lowest BCUT2D eigenvalue weighted by Crippen LogP contribution is -2.04. The monoisotopic (exact) mass is 270 g/mol. The van der Waals surface area contributed by atoms with Crippen molar-refractivity contribution >= 4 is 5.82 Å². The summed E-state index contributed by atoms with van der Waals surface area (Å²) in [5.41, 5.74) is 0.851. The van der Waals surface area contributed by atoms with Crippen LogP contribution in [0.1, 0.15) is 37.2 Å². The molecule has 1 fully saturated rings. The maximum absolute atomic E-state index is 5.86. The molecule has 0 radical (unpaired) electrons. The van der Waals surface area contributed by atoms with Crippen LogP contribution in [0.5, 0.6) is 11.6 Å². The summed E-state index contributed by atoms with van der Waals surface area (Å²) in [6.07, 6.45) is 4.09. The molecular weight excluding hydrogens is 252 g/mol. The number of aryl methyl sites for hydroxylation is 1. The summed E-state index contributed by atoms with van der Waals surface area (Å²) in [6, 6.07) is 5.59. The lowest BCUT2D eigenvalue weighted by Gasteiger charge is -2.10. The topological polar surface area (TPSA) is 59.9 Å². The van der Waals surface area contributed by atoms with E-state index in [4.69, 9.17) is 4.74 Å². The molecule has 0 aromatic carbocycles. The molecule has 5 heteroatoms. The van der Waals surface area contributed by atoms with Crippen molar-refractivity contribution < 1.29 is 4.74 Å². The lowest BCUT2D eigenvalue weighted by atomic mass is 10.3. The molecule has 0 unspecified atom stereocenters. The quantitative estimate of drug-likeness (QED) is 0.903. The van der Waals surface area contributed by atoms with E-state index in [2.05, 4.69) is 20.3 Å². The van der Waals surface area contributed by atoms with Gasteiger partial charge in [0.1, 0.15) is 11.6 Å². The number of pyridine rings is 1. The molecule has 1 aliphatic carbocycles. The number of hydrogen-bond donors (Lipinski definition) is 1. The molecule has 0 bridgehead atoms. The lowest BCUT2D eigenvalue weighted by molar-refractivity contribution is 0.453. The van der Waals surface area contributed by atoms with Crippen LogP contribution < -0.4 is 10.1 Å². The van der Waals surface area contributed by atoms with Gasteiger partial charge in [-0.25, -0.2) is 4.98 Å². The Hall–Kier alpha value is -2.17. The first-order valence-electron chi connectivity index (χ1n) is 6.98. The Labute approximate surface area is 118 Å². The maximum atomic E-state index is 5.86. The van der Waals surface area contributed by atoms with Crippen molar-refractivity contribution in [2.75, 3.05) is 11.9 Å². The second kappa shape index (κ2) is 5.45. The van der Waals surface area contributed by atoms with Crippen LogP contribution in [-0.2, 0) is 0 Å². The van der Waals surface area contributed by atoms with Crippen LogP contribution >= 0.6 is 0 Å². The number of ether oxygens (including phenoxy) is 1. The van der Waals surface area contributed by atoms with E-state index >= 15 is 0 Å². The van der Waals surface area contributed by atoms with Gasteiger partial charge in [-0.3, -0.25) is 4.98 Å². The highest BCUT2D eigenvalue weighted by molar-refractivity contribution is 5.41. The average molecular weight is 270 g/mol. The molecule has 5 nitrogen and oxygen atoms in total. The van der Waals surface area contributed by atoms with Gasteiger partial charge in [0.15, 0.2) is 5.75 Å². The minimum atomic E-state index is 0.492. The highest BCUT2D eigenvalue weighted by Crippen LogP contribution is 2.39. The third kappa shape index (κ3) is 2.87. The molecule has 2 heterocycles. The normalized spacial score (nSPS) is 14.1. The number of rotatable bonds is 5. The van der Waals surface area contributed by atoms with E-state index in [1.165, 1.54) is 12.8 Å². The van der Waals surface area contributed by atoms with Crippen molar-refractivity contribution in [1.82, 2.24) is 15.0 Å². The first kappa shape index (κ1) is 12.8. The molecule has 0 aliphatic heterocycles. The van der Waals surface area contributed by atoms with Gasteiger partial charge in [0.25, 0.3) is 0 Å². The molecule has 3 rings (SSSR count). The molecule has 1 N–H and O–H groups in total. The Kier molecular flexibility index (Phi) is 3.50. The van der Waals surface area contributed by atoms with Crippen molar-refractivity contribution in [3.05, 3.63) is 35.9 Å². The van der Waals surface area contributed by atoms with E-state index in [1.54, 1.807) is 6.20 Å². The Morgan fingerprint density at radius 3 is 2.90 bits per heavy atom. The van der Waals surface area contributed by atoms with E-state index in [0.717, 1.165) is 29.6 Å². The number of aromatic nitrogens is 3. The summed E-state index contributed by atoms with van der Waals surface area (Å²) in [6.45, 7) is 4.79. The summed E-state index contributed by atoms with van der Waals surface area (Å²) in [5, 5.41) is 3.22. The van der Waals surface area contributed by atoms with E-state index in [-0.39, 0.29) is 0 Å². The Balaban J connectivity index is 1.89. The van der Waals surface area contributed by atoms with Crippen LogP contribution in [0.15, 0.2) is 24.4 Å². The first-order valence-corrected chi connectivity index (χ1v) is 6.98. The Bertz CT molecular complexity index is 611. The van der Waals surface area contributed by atoms with Gasteiger partial charge in [-0.1, -0.05) is 0 Å². The zero-order chi connectivity index (χ0) is 13.9. The summed E-state index contributed by atoms with van der Waals surface area (Å²) in [7, 11) is 0. The molecule has 104 valence electrons. The molecule has 0 atom stereocenters. The second-order valence-electron chi connectivity index (χ2n) is 4.94. The number of hydrogen-bond acceptors (Lipinski definition) is 5. The smallest absolute Gasteiger partial charge is 0.224 e. The van der Waals surface area contributed by atoms with Gasteiger partial charge >= 0.3 is 0 Å². The molecular formula is C15H18N4O. The standard InChI is InChI=1S/C15H18N4O/c1-3-16-13-9-14(19-15(18-13)11-6-7-11)20-12-5-4-8-17-10(12)2/h4-5,8-9,11H,3,6-7H2,1-2H3,(H,16,18,19). The average Bonchev–Trinajstić information content (AvgIpc) is 3.26. The Morgan fingerprint density at radius 1 is 1.35 bits per heavy atom. The molecule has 20 heavy (non-hydrogen) atoms. The largest absolute Gasteiger partial charge is 0.437 e. The predicted octanol–water partition coefficient (Wildman–Crippen LogP) is 3.28. The maximum Gasteiger partial charge on any atom is 0.224 e. The predicted molar refractivity (Wildman–Crippen MR) is 77.2 cm³/mol. The molecule has 1 aliphatic rings. The third-order valence-corrected chi connectivity index (χ3v) is 3.19. The molecule has 0 spiro atoms. The van der Waals surface area contributed by atoms with Crippen LogP contribution in [0.4, 0.5) is 5.82 Å². The molecule has 0 amide bonds. The minimum Gasteiger partial charge on any atom is -0.437 e. The van der Waals surface area contributed by atoms with E-state index in [1.807, 2.05) is 32.0 Å². The summed E-state index contributed by atoms with van der Waals surface area (Å²) in [4.78, 5) is 13.3. The van der Waals surface area contributed by atoms with E-state index in [0.29, 0.717) is 11.8 Å².